The van der Waals surface area contributed by atoms with Gasteiger partial charge < -0.3 is 10.4 Å². The number of allylic oxidation sites excluding steroid dienone is 2. The van der Waals surface area contributed by atoms with Crippen LogP contribution in [0.4, 0.5) is 0 Å². The Morgan fingerprint density at radius 3 is 2.08 bits per heavy atom. The van der Waals surface area contributed by atoms with Gasteiger partial charge in [0.05, 0.1) is 11.6 Å². The molecule has 2 nitrogen and oxygen atoms in total. The monoisotopic (exact) mass is 183 g/mol. The van der Waals surface area contributed by atoms with Gasteiger partial charge in [0.2, 0.25) is 0 Å². The first kappa shape index (κ1) is 12.4. The second-order valence-electron chi connectivity index (χ2n) is 3.51. The van der Waals surface area contributed by atoms with E-state index in [0.717, 1.165) is 0 Å². The highest BCUT2D eigenvalue weighted by Crippen LogP contribution is 2.08. The Kier molecular flexibility index (Phi) is 5.67. The summed E-state index contributed by atoms with van der Waals surface area (Å²) in [5.74, 6) is 0. The number of aliphatic hydroxyl groups is 1. The topological polar surface area (TPSA) is 32.3 Å². The molecule has 0 saturated heterocycles. The molecule has 1 unspecified atom stereocenters. The number of β-amino-alcohol motifs (C(OH)–C–C–N with tert-alkyl or cyclic N) is 1. The van der Waals surface area contributed by atoms with E-state index < -0.39 is 0 Å². The Morgan fingerprint density at radius 2 is 1.77 bits per heavy atom. The predicted octanol–water partition coefficient (Wildman–Crippen LogP) is 1.87. The van der Waals surface area contributed by atoms with E-state index in [1.807, 2.05) is 26.0 Å². The van der Waals surface area contributed by atoms with Crippen LogP contribution in [0.15, 0.2) is 24.3 Å². The highest BCUT2D eigenvalue weighted by atomic mass is 16.3. The van der Waals surface area contributed by atoms with Crippen LogP contribution in [0.5, 0.6) is 0 Å². The van der Waals surface area contributed by atoms with Crippen LogP contribution >= 0.6 is 0 Å². The smallest absolute Gasteiger partial charge is 0.0636 e. The van der Waals surface area contributed by atoms with Crippen molar-refractivity contribution in [2.45, 2.75) is 39.3 Å². The van der Waals surface area contributed by atoms with Gasteiger partial charge >= 0.3 is 0 Å². The van der Waals surface area contributed by atoms with Crippen molar-refractivity contribution in [3.63, 3.8) is 0 Å². The average Bonchev–Trinajstić information content (AvgIpc) is 2.02. The summed E-state index contributed by atoms with van der Waals surface area (Å²) in [6, 6.07) is 0. The minimum atomic E-state index is -0.310. The summed E-state index contributed by atoms with van der Waals surface area (Å²) in [7, 11) is 0. The molecule has 0 aromatic heterocycles. The first-order valence-corrected chi connectivity index (χ1v) is 4.75. The number of rotatable bonds is 5. The van der Waals surface area contributed by atoms with Crippen molar-refractivity contribution in [1.82, 2.24) is 5.32 Å². The zero-order valence-corrected chi connectivity index (χ0v) is 9.04. The molecule has 2 heteroatoms. The van der Waals surface area contributed by atoms with Gasteiger partial charge in [0.1, 0.15) is 0 Å². The summed E-state index contributed by atoms with van der Waals surface area (Å²) in [4.78, 5) is 0. The van der Waals surface area contributed by atoms with Gasteiger partial charge in [-0.05, 0) is 27.7 Å². The van der Waals surface area contributed by atoms with Crippen molar-refractivity contribution < 1.29 is 5.11 Å². The number of nitrogens with one attached hydrogen (secondary N) is 1. The SMILES string of the molecule is CC=CC(C)(C=CC)NCC(C)O. The molecule has 0 bridgehead atoms. The van der Waals surface area contributed by atoms with Crippen molar-refractivity contribution in [3.05, 3.63) is 24.3 Å². The molecule has 76 valence electrons. The van der Waals surface area contributed by atoms with Gasteiger partial charge in [0.15, 0.2) is 0 Å². The second-order valence-corrected chi connectivity index (χ2v) is 3.51. The van der Waals surface area contributed by atoms with Crippen LogP contribution < -0.4 is 5.32 Å². The normalized spacial score (nSPS) is 19.5. The van der Waals surface area contributed by atoms with Crippen molar-refractivity contribution in [3.8, 4) is 0 Å². The maximum Gasteiger partial charge on any atom is 0.0636 e. The van der Waals surface area contributed by atoms with Crippen LogP contribution in [0.1, 0.15) is 27.7 Å². The van der Waals surface area contributed by atoms with Gasteiger partial charge in [-0.1, -0.05) is 24.3 Å². The summed E-state index contributed by atoms with van der Waals surface area (Å²) in [6.07, 6.45) is 7.87. The highest BCUT2D eigenvalue weighted by molar-refractivity contribution is 5.15. The van der Waals surface area contributed by atoms with E-state index in [2.05, 4.69) is 24.4 Å². The third-order valence-electron chi connectivity index (χ3n) is 1.80. The van der Waals surface area contributed by atoms with E-state index in [9.17, 15) is 0 Å². The summed E-state index contributed by atoms with van der Waals surface area (Å²) in [6.45, 7) is 8.44. The molecular weight excluding hydrogens is 162 g/mol. The Morgan fingerprint density at radius 1 is 1.31 bits per heavy atom. The highest BCUT2D eigenvalue weighted by Gasteiger charge is 2.15. The number of hydrogen-bond acceptors (Lipinski definition) is 2. The minimum absolute atomic E-state index is 0.138. The second kappa shape index (κ2) is 5.95. The Labute approximate surface area is 81.4 Å². The van der Waals surface area contributed by atoms with Crippen LogP contribution in [-0.2, 0) is 0 Å². The fourth-order valence-electron chi connectivity index (χ4n) is 1.23. The van der Waals surface area contributed by atoms with Gasteiger partial charge in [-0.3, -0.25) is 0 Å². The van der Waals surface area contributed by atoms with Crippen LogP contribution in [0, 0.1) is 0 Å². The third kappa shape index (κ3) is 5.61. The lowest BCUT2D eigenvalue weighted by molar-refractivity contribution is 0.185. The summed E-state index contributed by atoms with van der Waals surface area (Å²) >= 11 is 0. The van der Waals surface area contributed by atoms with Gasteiger partial charge in [-0.15, -0.1) is 0 Å². The Balaban J connectivity index is 4.24. The van der Waals surface area contributed by atoms with E-state index in [1.165, 1.54) is 0 Å². The largest absolute Gasteiger partial charge is 0.392 e. The fraction of sp³-hybridized carbons (Fsp3) is 0.636. The van der Waals surface area contributed by atoms with Crippen molar-refractivity contribution in [2.75, 3.05) is 6.54 Å². The van der Waals surface area contributed by atoms with Gasteiger partial charge in [-0.25, -0.2) is 0 Å². The molecule has 0 saturated carbocycles. The lowest BCUT2D eigenvalue weighted by atomic mass is 10.0. The minimum Gasteiger partial charge on any atom is -0.392 e. The van der Waals surface area contributed by atoms with Crippen LogP contribution in [-0.4, -0.2) is 23.3 Å². The van der Waals surface area contributed by atoms with E-state index in [4.69, 9.17) is 5.11 Å². The molecule has 0 aliphatic rings. The molecule has 0 amide bonds. The summed E-state index contributed by atoms with van der Waals surface area (Å²) in [5.41, 5.74) is -0.138. The van der Waals surface area contributed by atoms with Gasteiger partial charge in [-0.2, -0.15) is 0 Å². The first-order valence-electron chi connectivity index (χ1n) is 4.75. The maximum atomic E-state index is 9.14. The summed E-state index contributed by atoms with van der Waals surface area (Å²) < 4.78 is 0. The predicted molar refractivity (Wildman–Crippen MR) is 57.7 cm³/mol. The Bertz CT molecular complexity index is 171. The van der Waals surface area contributed by atoms with Crippen molar-refractivity contribution in [2.24, 2.45) is 0 Å². The molecule has 13 heavy (non-hydrogen) atoms. The molecule has 0 aliphatic heterocycles. The third-order valence-corrected chi connectivity index (χ3v) is 1.80. The van der Waals surface area contributed by atoms with Crippen molar-refractivity contribution >= 4 is 0 Å². The fourth-order valence-corrected chi connectivity index (χ4v) is 1.23. The molecular formula is C11H21NO. The Hall–Kier alpha value is -0.600. The van der Waals surface area contributed by atoms with Crippen molar-refractivity contribution in [1.29, 1.82) is 0 Å². The first-order chi connectivity index (χ1) is 6.04. The zero-order valence-electron chi connectivity index (χ0n) is 9.04. The molecule has 1 atom stereocenters. The molecule has 0 heterocycles. The number of aliphatic hydroxyl groups excluding tert-OH is 1. The summed E-state index contributed by atoms with van der Waals surface area (Å²) in [5, 5.41) is 12.4. The molecule has 0 radical (unpaired) electrons. The van der Waals surface area contributed by atoms with E-state index in [-0.39, 0.29) is 11.6 Å². The zero-order chi connectivity index (χ0) is 10.3. The molecule has 2 N–H and O–H groups in total. The molecule has 0 aromatic rings. The molecule has 0 spiro atoms. The molecule has 0 fully saturated rings. The van der Waals surface area contributed by atoms with E-state index in [0.29, 0.717) is 6.54 Å². The van der Waals surface area contributed by atoms with E-state index in [1.54, 1.807) is 6.92 Å². The molecule has 0 aromatic carbocycles. The van der Waals surface area contributed by atoms with Gasteiger partial charge in [0, 0.05) is 6.54 Å². The number of hydrogen-bond donors (Lipinski definition) is 2. The molecule has 0 rings (SSSR count). The quantitative estimate of drug-likeness (QED) is 0.638. The average molecular weight is 183 g/mol. The maximum absolute atomic E-state index is 9.14. The van der Waals surface area contributed by atoms with Crippen LogP contribution in [0.3, 0.4) is 0 Å². The van der Waals surface area contributed by atoms with Gasteiger partial charge in [0.25, 0.3) is 0 Å². The van der Waals surface area contributed by atoms with Crippen LogP contribution in [0.25, 0.3) is 0 Å². The molecule has 0 aliphatic carbocycles. The standard InChI is InChI=1S/C11H21NO/c1-5-7-11(4,8-6-2)12-9-10(3)13/h5-8,10,12-13H,9H2,1-4H3. The van der Waals surface area contributed by atoms with E-state index >= 15 is 0 Å². The van der Waals surface area contributed by atoms with Crippen LogP contribution in [0.2, 0.25) is 0 Å². The lowest BCUT2D eigenvalue weighted by Gasteiger charge is -2.24. The lowest BCUT2D eigenvalue weighted by Crippen LogP contribution is -2.42.